The molecule has 0 aliphatic heterocycles. The standard InChI is InChI=1S/C10H10ClN3O2S/c1-7(2-3-11)17-10-9(14(15)16)4-8(5-12)6-13-10/h4,6-7H,2-3H2,1H3. The van der Waals surface area contributed by atoms with Gasteiger partial charge in [-0.05, 0) is 6.42 Å². The summed E-state index contributed by atoms with van der Waals surface area (Å²) in [4.78, 5) is 14.3. The van der Waals surface area contributed by atoms with E-state index in [1.54, 1.807) is 0 Å². The lowest BCUT2D eigenvalue weighted by Gasteiger charge is -2.08. The van der Waals surface area contributed by atoms with E-state index < -0.39 is 4.92 Å². The Kier molecular flexibility index (Phi) is 5.19. The molecule has 90 valence electrons. The first-order chi connectivity index (χ1) is 8.08. The summed E-state index contributed by atoms with van der Waals surface area (Å²) < 4.78 is 0. The second-order valence-electron chi connectivity index (χ2n) is 3.32. The number of aromatic nitrogens is 1. The molecule has 1 atom stereocenters. The van der Waals surface area contributed by atoms with E-state index in [0.717, 1.165) is 6.42 Å². The largest absolute Gasteiger partial charge is 0.302 e. The number of thioether (sulfide) groups is 1. The second kappa shape index (κ2) is 6.42. The van der Waals surface area contributed by atoms with Gasteiger partial charge in [0.25, 0.3) is 0 Å². The molecule has 0 amide bonds. The Hall–Kier alpha value is -1.32. The normalized spacial score (nSPS) is 11.8. The fourth-order valence-electron chi connectivity index (χ4n) is 1.13. The maximum absolute atomic E-state index is 10.8. The van der Waals surface area contributed by atoms with Crippen molar-refractivity contribution in [2.75, 3.05) is 5.88 Å². The first kappa shape index (κ1) is 13.7. The topological polar surface area (TPSA) is 79.8 Å². The summed E-state index contributed by atoms with van der Waals surface area (Å²) in [6.45, 7) is 1.93. The number of nitro groups is 1. The van der Waals surface area contributed by atoms with Gasteiger partial charge in [-0.15, -0.1) is 11.6 Å². The second-order valence-corrected chi connectivity index (χ2v) is 5.13. The SMILES string of the molecule is CC(CCCl)Sc1ncc(C#N)cc1[N+](=O)[O-]. The van der Waals surface area contributed by atoms with Crippen molar-refractivity contribution in [2.24, 2.45) is 0 Å². The van der Waals surface area contributed by atoms with Crippen LogP contribution in [0.15, 0.2) is 17.3 Å². The van der Waals surface area contributed by atoms with Gasteiger partial charge in [0, 0.05) is 23.4 Å². The van der Waals surface area contributed by atoms with Crippen LogP contribution in [0, 0.1) is 21.4 Å². The van der Waals surface area contributed by atoms with Gasteiger partial charge < -0.3 is 0 Å². The molecule has 0 aliphatic rings. The van der Waals surface area contributed by atoms with Gasteiger partial charge in [0.15, 0.2) is 5.03 Å². The highest BCUT2D eigenvalue weighted by Gasteiger charge is 2.19. The smallest absolute Gasteiger partial charge is 0.258 e. The van der Waals surface area contributed by atoms with Gasteiger partial charge in [0.2, 0.25) is 0 Å². The summed E-state index contributed by atoms with van der Waals surface area (Å²) in [5, 5.41) is 20.0. The summed E-state index contributed by atoms with van der Waals surface area (Å²) in [6.07, 6.45) is 2.08. The molecule has 1 aromatic rings. The molecule has 7 heteroatoms. The molecule has 1 unspecified atom stereocenters. The van der Waals surface area contributed by atoms with Gasteiger partial charge >= 0.3 is 5.69 Å². The number of pyridine rings is 1. The summed E-state index contributed by atoms with van der Waals surface area (Å²) in [6, 6.07) is 3.07. The zero-order chi connectivity index (χ0) is 12.8. The van der Waals surface area contributed by atoms with E-state index in [0.29, 0.717) is 10.9 Å². The van der Waals surface area contributed by atoms with Crippen LogP contribution in [0.4, 0.5) is 5.69 Å². The van der Waals surface area contributed by atoms with E-state index >= 15 is 0 Å². The fraction of sp³-hybridized carbons (Fsp3) is 0.400. The number of hydrogen-bond acceptors (Lipinski definition) is 5. The molecule has 1 heterocycles. The van der Waals surface area contributed by atoms with Crippen molar-refractivity contribution >= 4 is 29.1 Å². The van der Waals surface area contributed by atoms with E-state index in [2.05, 4.69) is 4.98 Å². The molecule has 0 saturated carbocycles. The lowest BCUT2D eigenvalue weighted by Crippen LogP contribution is -2.01. The predicted molar refractivity (Wildman–Crippen MR) is 66.3 cm³/mol. The minimum absolute atomic E-state index is 0.129. The number of nitriles is 1. The van der Waals surface area contributed by atoms with Crippen LogP contribution in [-0.4, -0.2) is 21.0 Å². The molecule has 5 nitrogen and oxygen atoms in total. The van der Waals surface area contributed by atoms with E-state index in [9.17, 15) is 10.1 Å². The van der Waals surface area contributed by atoms with Crippen LogP contribution in [0.25, 0.3) is 0 Å². The van der Waals surface area contributed by atoms with Crippen molar-refractivity contribution in [2.45, 2.75) is 23.6 Å². The average molecular weight is 272 g/mol. The molecule has 0 fully saturated rings. The molecular weight excluding hydrogens is 262 g/mol. The van der Waals surface area contributed by atoms with Gasteiger partial charge in [-0.2, -0.15) is 5.26 Å². The van der Waals surface area contributed by atoms with Crippen LogP contribution >= 0.6 is 23.4 Å². The Morgan fingerprint density at radius 1 is 1.76 bits per heavy atom. The lowest BCUT2D eigenvalue weighted by atomic mass is 10.3. The zero-order valence-electron chi connectivity index (χ0n) is 9.09. The fourth-order valence-corrected chi connectivity index (χ4v) is 2.57. The van der Waals surface area contributed by atoms with E-state index in [4.69, 9.17) is 16.9 Å². The number of hydrogen-bond donors (Lipinski definition) is 0. The molecule has 17 heavy (non-hydrogen) atoms. The molecule has 0 aliphatic carbocycles. The van der Waals surface area contributed by atoms with Crippen molar-refractivity contribution in [3.8, 4) is 6.07 Å². The van der Waals surface area contributed by atoms with Gasteiger partial charge in [0.1, 0.15) is 6.07 Å². The molecule has 0 radical (unpaired) electrons. The Morgan fingerprint density at radius 3 is 3.00 bits per heavy atom. The molecule has 0 saturated heterocycles. The third-order valence-electron chi connectivity index (χ3n) is 1.99. The van der Waals surface area contributed by atoms with Crippen LogP contribution in [0.1, 0.15) is 18.9 Å². The minimum Gasteiger partial charge on any atom is -0.258 e. The van der Waals surface area contributed by atoms with Crippen LogP contribution in [-0.2, 0) is 0 Å². The third kappa shape index (κ3) is 3.88. The Bertz CT molecular complexity index is 461. The monoisotopic (exact) mass is 271 g/mol. The number of alkyl halides is 1. The summed E-state index contributed by atoms with van der Waals surface area (Å²) in [7, 11) is 0. The van der Waals surface area contributed by atoms with Crippen LogP contribution in [0.2, 0.25) is 0 Å². The molecule has 0 spiro atoms. The molecule has 0 bridgehead atoms. The lowest BCUT2D eigenvalue weighted by molar-refractivity contribution is -0.388. The van der Waals surface area contributed by atoms with Crippen molar-refractivity contribution in [1.82, 2.24) is 4.98 Å². The highest BCUT2D eigenvalue weighted by Crippen LogP contribution is 2.31. The summed E-state index contributed by atoms with van der Waals surface area (Å²) >= 11 is 6.90. The van der Waals surface area contributed by atoms with E-state index in [1.807, 2.05) is 13.0 Å². The highest BCUT2D eigenvalue weighted by molar-refractivity contribution is 8.00. The van der Waals surface area contributed by atoms with Crippen molar-refractivity contribution in [1.29, 1.82) is 5.26 Å². The van der Waals surface area contributed by atoms with Crippen molar-refractivity contribution < 1.29 is 4.92 Å². The number of nitrogens with zero attached hydrogens (tertiary/aromatic N) is 3. The number of rotatable bonds is 5. The van der Waals surface area contributed by atoms with Gasteiger partial charge in [-0.3, -0.25) is 10.1 Å². The van der Waals surface area contributed by atoms with Crippen molar-refractivity contribution in [3.05, 3.63) is 27.9 Å². The van der Waals surface area contributed by atoms with Crippen LogP contribution in [0.5, 0.6) is 0 Å². The molecule has 1 rings (SSSR count). The summed E-state index contributed by atoms with van der Waals surface area (Å²) in [5.41, 5.74) is 0.0570. The molecule has 0 aromatic carbocycles. The quantitative estimate of drug-likeness (QED) is 0.356. The van der Waals surface area contributed by atoms with Gasteiger partial charge in [-0.25, -0.2) is 4.98 Å². The van der Waals surface area contributed by atoms with Gasteiger partial charge in [-0.1, -0.05) is 18.7 Å². The summed E-state index contributed by atoms with van der Waals surface area (Å²) in [5.74, 6) is 0.498. The maximum atomic E-state index is 10.8. The molecule has 1 aromatic heterocycles. The predicted octanol–water partition coefficient (Wildman–Crippen LogP) is 2.97. The Balaban J connectivity index is 2.99. The third-order valence-corrected chi connectivity index (χ3v) is 3.38. The maximum Gasteiger partial charge on any atom is 0.302 e. The first-order valence-electron chi connectivity index (χ1n) is 4.85. The van der Waals surface area contributed by atoms with Gasteiger partial charge in [0.05, 0.1) is 10.5 Å². The van der Waals surface area contributed by atoms with Crippen LogP contribution < -0.4 is 0 Å². The molecular formula is C10H10ClN3O2S. The Morgan fingerprint density at radius 2 is 2.47 bits per heavy atom. The highest BCUT2D eigenvalue weighted by atomic mass is 35.5. The first-order valence-corrected chi connectivity index (χ1v) is 6.27. The zero-order valence-corrected chi connectivity index (χ0v) is 10.7. The van der Waals surface area contributed by atoms with Crippen LogP contribution in [0.3, 0.4) is 0 Å². The Labute approximate surface area is 108 Å². The molecule has 0 N–H and O–H groups in total. The average Bonchev–Trinajstić information content (AvgIpc) is 2.29. The van der Waals surface area contributed by atoms with E-state index in [1.165, 1.54) is 24.0 Å². The number of halogens is 1. The van der Waals surface area contributed by atoms with E-state index in [-0.39, 0.29) is 16.5 Å². The minimum atomic E-state index is -0.524. The van der Waals surface area contributed by atoms with Crippen molar-refractivity contribution in [3.63, 3.8) is 0 Å².